The predicted octanol–water partition coefficient (Wildman–Crippen LogP) is 1.91. The summed E-state index contributed by atoms with van der Waals surface area (Å²) < 4.78 is 4.85. The number of carbonyl (C=O) groups is 2. The van der Waals surface area contributed by atoms with Crippen LogP contribution in [0.15, 0.2) is 30.3 Å². The number of carbonyl (C=O) groups excluding carboxylic acids is 2. The summed E-state index contributed by atoms with van der Waals surface area (Å²) in [6.07, 6.45) is -0.535. The Morgan fingerprint density at radius 2 is 1.95 bits per heavy atom. The van der Waals surface area contributed by atoms with Crippen molar-refractivity contribution in [2.24, 2.45) is 0 Å². The molecule has 1 heterocycles. The third-order valence-electron chi connectivity index (χ3n) is 3.04. The fourth-order valence-corrected chi connectivity index (χ4v) is 2.09. The quantitative estimate of drug-likeness (QED) is 0.855. The highest BCUT2D eigenvalue weighted by molar-refractivity contribution is 5.93. The van der Waals surface area contributed by atoms with Crippen LogP contribution in [-0.2, 0) is 16.1 Å². The number of imide groups is 1. The molecule has 0 aromatic heterocycles. The second kappa shape index (κ2) is 7.87. The lowest BCUT2D eigenvalue weighted by molar-refractivity contribution is -0.134. The lowest BCUT2D eigenvalue weighted by atomic mass is 10.2. The third-order valence-corrected chi connectivity index (χ3v) is 3.04. The van der Waals surface area contributed by atoms with Crippen LogP contribution in [0, 0.1) is 0 Å². The lowest BCUT2D eigenvalue weighted by Crippen LogP contribution is -2.52. The Kier molecular flexibility index (Phi) is 6.48. The van der Waals surface area contributed by atoms with Gasteiger partial charge in [0.2, 0.25) is 5.91 Å². The fraction of sp³-hybridized carbons (Fsp3) is 0.429. The van der Waals surface area contributed by atoms with Crippen molar-refractivity contribution in [3.63, 3.8) is 0 Å². The third kappa shape index (κ3) is 4.21. The minimum Gasteiger partial charge on any atom is -0.449 e. The van der Waals surface area contributed by atoms with E-state index in [1.165, 1.54) is 10.5 Å². The minimum absolute atomic E-state index is 0. The van der Waals surface area contributed by atoms with Crippen LogP contribution < -0.4 is 0 Å². The summed E-state index contributed by atoms with van der Waals surface area (Å²) in [5.74, 6) is -0.194. The van der Waals surface area contributed by atoms with Crippen molar-refractivity contribution in [3.8, 4) is 0 Å². The molecular formula is C14H19ClN2O3. The van der Waals surface area contributed by atoms with E-state index in [1.807, 2.05) is 35.2 Å². The number of piperazine rings is 1. The molecule has 20 heavy (non-hydrogen) atoms. The van der Waals surface area contributed by atoms with Crippen molar-refractivity contribution in [1.29, 1.82) is 0 Å². The Morgan fingerprint density at radius 3 is 2.55 bits per heavy atom. The number of amides is 2. The largest absolute Gasteiger partial charge is 0.449 e. The zero-order valence-electron chi connectivity index (χ0n) is 11.4. The van der Waals surface area contributed by atoms with Crippen LogP contribution >= 0.6 is 12.4 Å². The molecule has 2 amide bonds. The second-order valence-corrected chi connectivity index (χ2v) is 4.44. The zero-order valence-corrected chi connectivity index (χ0v) is 12.3. The van der Waals surface area contributed by atoms with Gasteiger partial charge in [-0.15, -0.1) is 12.4 Å². The number of ether oxygens (including phenoxy) is 1. The Morgan fingerprint density at radius 1 is 1.25 bits per heavy atom. The minimum atomic E-state index is -0.535. The topological polar surface area (TPSA) is 49.9 Å². The molecule has 0 radical (unpaired) electrons. The first kappa shape index (κ1) is 16.5. The Bertz CT molecular complexity index is 453. The molecule has 0 atom stereocenters. The molecule has 6 heteroatoms. The van der Waals surface area contributed by atoms with Crippen molar-refractivity contribution < 1.29 is 14.3 Å². The van der Waals surface area contributed by atoms with Gasteiger partial charge in [-0.2, -0.15) is 0 Å². The van der Waals surface area contributed by atoms with Gasteiger partial charge in [-0.1, -0.05) is 30.3 Å². The molecule has 1 aromatic rings. The molecule has 1 aromatic carbocycles. The van der Waals surface area contributed by atoms with Gasteiger partial charge in [0.25, 0.3) is 0 Å². The van der Waals surface area contributed by atoms with Crippen LogP contribution in [0.25, 0.3) is 0 Å². The van der Waals surface area contributed by atoms with Crippen LogP contribution in [0.1, 0.15) is 12.5 Å². The normalized spacial score (nSPS) is 15.7. The molecule has 110 valence electrons. The van der Waals surface area contributed by atoms with E-state index in [0.29, 0.717) is 13.1 Å². The number of halogens is 1. The Hall–Kier alpha value is -1.59. The summed E-state index contributed by atoms with van der Waals surface area (Å²) in [6, 6.07) is 9.98. The summed E-state index contributed by atoms with van der Waals surface area (Å²) in [4.78, 5) is 26.7. The highest BCUT2D eigenvalue weighted by atomic mass is 35.5. The van der Waals surface area contributed by atoms with E-state index in [1.54, 1.807) is 6.92 Å². The zero-order chi connectivity index (χ0) is 13.7. The number of rotatable bonds is 3. The summed E-state index contributed by atoms with van der Waals surface area (Å²) in [5, 5.41) is 0. The highest BCUT2D eigenvalue weighted by Crippen LogP contribution is 2.10. The number of hydrogen-bond donors (Lipinski definition) is 0. The maximum Gasteiger partial charge on any atom is 0.416 e. The molecule has 0 unspecified atom stereocenters. The first-order chi connectivity index (χ1) is 9.20. The Balaban J connectivity index is 0.00000200. The maximum atomic E-state index is 11.9. The van der Waals surface area contributed by atoms with Gasteiger partial charge in [0.15, 0.2) is 0 Å². The van der Waals surface area contributed by atoms with Crippen molar-refractivity contribution in [2.75, 3.05) is 26.2 Å². The van der Waals surface area contributed by atoms with E-state index in [-0.39, 0.29) is 31.5 Å². The van der Waals surface area contributed by atoms with E-state index in [0.717, 1.165) is 6.54 Å². The molecule has 1 aliphatic rings. The molecular weight excluding hydrogens is 280 g/mol. The summed E-state index contributed by atoms with van der Waals surface area (Å²) in [5.41, 5.74) is 1.17. The van der Waals surface area contributed by atoms with Gasteiger partial charge in [0.1, 0.15) is 0 Å². The highest BCUT2D eigenvalue weighted by Gasteiger charge is 2.29. The summed E-state index contributed by atoms with van der Waals surface area (Å²) in [7, 11) is 0. The fourth-order valence-electron chi connectivity index (χ4n) is 2.09. The van der Waals surface area contributed by atoms with E-state index in [2.05, 4.69) is 0 Å². The van der Waals surface area contributed by atoms with Gasteiger partial charge in [0.05, 0.1) is 13.2 Å². The molecule has 0 saturated carbocycles. The van der Waals surface area contributed by atoms with Crippen molar-refractivity contribution in [3.05, 3.63) is 35.9 Å². The van der Waals surface area contributed by atoms with Gasteiger partial charge in [-0.05, 0) is 12.5 Å². The Labute approximate surface area is 124 Å². The summed E-state index contributed by atoms with van der Waals surface area (Å²) in [6.45, 7) is 4.07. The van der Waals surface area contributed by atoms with Gasteiger partial charge < -0.3 is 4.74 Å². The second-order valence-electron chi connectivity index (χ2n) is 4.44. The van der Waals surface area contributed by atoms with Gasteiger partial charge >= 0.3 is 6.09 Å². The standard InChI is InChI=1S/C14H18N2O3.ClH/c1-2-19-14(18)16-9-8-15(11-13(16)17)10-12-6-4-3-5-7-12;/h3-7H,2,8-11H2,1H3;1H. The van der Waals surface area contributed by atoms with Gasteiger partial charge in [-0.3, -0.25) is 9.69 Å². The first-order valence-corrected chi connectivity index (χ1v) is 6.44. The molecule has 0 spiro atoms. The van der Waals surface area contributed by atoms with Crippen molar-refractivity contribution in [1.82, 2.24) is 9.80 Å². The van der Waals surface area contributed by atoms with E-state index >= 15 is 0 Å². The maximum absolute atomic E-state index is 11.9. The average Bonchev–Trinajstić information content (AvgIpc) is 2.40. The molecule has 5 nitrogen and oxygen atoms in total. The van der Waals surface area contributed by atoms with E-state index in [9.17, 15) is 9.59 Å². The van der Waals surface area contributed by atoms with E-state index in [4.69, 9.17) is 4.74 Å². The first-order valence-electron chi connectivity index (χ1n) is 6.44. The number of benzene rings is 1. The monoisotopic (exact) mass is 298 g/mol. The smallest absolute Gasteiger partial charge is 0.416 e. The van der Waals surface area contributed by atoms with Gasteiger partial charge in [-0.25, -0.2) is 9.69 Å². The average molecular weight is 299 g/mol. The predicted molar refractivity (Wildman–Crippen MR) is 77.7 cm³/mol. The van der Waals surface area contributed by atoms with Crippen LogP contribution in [-0.4, -0.2) is 48.0 Å². The molecule has 1 aliphatic heterocycles. The summed E-state index contributed by atoms with van der Waals surface area (Å²) >= 11 is 0. The van der Waals surface area contributed by atoms with Crippen LogP contribution in [0.5, 0.6) is 0 Å². The molecule has 0 bridgehead atoms. The lowest BCUT2D eigenvalue weighted by Gasteiger charge is -2.32. The molecule has 1 saturated heterocycles. The van der Waals surface area contributed by atoms with Crippen molar-refractivity contribution in [2.45, 2.75) is 13.5 Å². The van der Waals surface area contributed by atoms with Crippen molar-refractivity contribution >= 4 is 24.4 Å². The van der Waals surface area contributed by atoms with Crippen LogP contribution in [0.3, 0.4) is 0 Å². The van der Waals surface area contributed by atoms with E-state index < -0.39 is 6.09 Å². The number of nitrogens with zero attached hydrogens (tertiary/aromatic N) is 2. The number of hydrogen-bond acceptors (Lipinski definition) is 4. The molecule has 0 aliphatic carbocycles. The molecule has 1 fully saturated rings. The SMILES string of the molecule is CCOC(=O)N1CCN(Cc2ccccc2)CC1=O.Cl. The molecule has 0 N–H and O–H groups in total. The van der Waals surface area contributed by atoms with Crippen LogP contribution in [0.4, 0.5) is 4.79 Å². The molecule has 2 rings (SSSR count). The van der Waals surface area contributed by atoms with Crippen LogP contribution in [0.2, 0.25) is 0 Å². The van der Waals surface area contributed by atoms with Gasteiger partial charge in [0, 0.05) is 19.6 Å².